The molecule has 1 aliphatic rings. The minimum atomic E-state index is -0.306. The molecule has 3 aromatic carbocycles. The van der Waals surface area contributed by atoms with Crippen LogP contribution < -0.4 is 20.7 Å². The van der Waals surface area contributed by atoms with E-state index in [1.807, 2.05) is 59.3 Å². The van der Waals surface area contributed by atoms with Crippen LogP contribution in [0.25, 0.3) is 16.7 Å². The van der Waals surface area contributed by atoms with Crippen LogP contribution >= 0.6 is 0 Å². The number of methoxy groups -OCH3 is 1. The molecule has 0 bridgehead atoms. The minimum Gasteiger partial charge on any atom is -0.496 e. The number of hydrogen-bond acceptors (Lipinski definition) is 8. The Morgan fingerprint density at radius 2 is 1.71 bits per heavy atom. The van der Waals surface area contributed by atoms with Crippen molar-refractivity contribution in [3.8, 4) is 11.6 Å². The molecule has 1 aliphatic heterocycles. The van der Waals surface area contributed by atoms with Gasteiger partial charge in [0.2, 0.25) is 11.9 Å². The van der Waals surface area contributed by atoms with E-state index in [9.17, 15) is 9.59 Å². The molecule has 1 fully saturated rings. The van der Waals surface area contributed by atoms with Gasteiger partial charge in [-0.1, -0.05) is 24.3 Å². The Labute approximate surface area is 260 Å². The van der Waals surface area contributed by atoms with E-state index in [1.54, 1.807) is 49.7 Å². The third-order valence-corrected chi connectivity index (χ3v) is 7.31. The Morgan fingerprint density at radius 1 is 0.933 bits per heavy atom. The van der Waals surface area contributed by atoms with E-state index in [1.165, 1.54) is 6.08 Å². The normalized spacial score (nSPS) is 13.5. The first-order chi connectivity index (χ1) is 22.1. The first-order valence-electron chi connectivity index (χ1n) is 14.6. The topological polar surface area (TPSA) is 123 Å². The Hall–Kier alpha value is -5.52. The Balaban J connectivity index is 1.08. The van der Waals surface area contributed by atoms with E-state index in [0.29, 0.717) is 54.2 Å². The molecule has 0 saturated carbocycles. The maximum absolute atomic E-state index is 13.1. The number of carbonyl (C=O) groups is 2. The summed E-state index contributed by atoms with van der Waals surface area (Å²) in [6.07, 6.45) is 6.98. The highest BCUT2D eigenvalue weighted by Gasteiger charge is 2.12. The SMILES string of the molecule is COc1cccc2c1ccn2-c1ccnc(Nc2cccc(NC(=O)c3cccc(NC(=O)/C=C/CN4CCOCC4)c3)c2)n1. The number of aromatic nitrogens is 3. The third kappa shape index (κ3) is 7.35. The maximum atomic E-state index is 13.1. The molecule has 2 aromatic heterocycles. The summed E-state index contributed by atoms with van der Waals surface area (Å²) in [6, 6.07) is 23.8. The molecule has 0 spiro atoms. The molecule has 3 N–H and O–H groups in total. The molecular weight excluding hydrogens is 570 g/mol. The zero-order valence-electron chi connectivity index (χ0n) is 24.8. The highest BCUT2D eigenvalue weighted by molar-refractivity contribution is 6.06. The number of nitrogens with one attached hydrogen (secondary N) is 3. The van der Waals surface area contributed by atoms with Crippen LogP contribution in [-0.4, -0.2) is 71.2 Å². The lowest BCUT2D eigenvalue weighted by atomic mass is 10.1. The van der Waals surface area contributed by atoms with E-state index in [-0.39, 0.29) is 11.8 Å². The van der Waals surface area contributed by atoms with Crippen LogP contribution in [-0.2, 0) is 9.53 Å². The van der Waals surface area contributed by atoms with E-state index in [4.69, 9.17) is 14.5 Å². The molecule has 6 rings (SSSR count). The predicted molar refractivity (Wildman–Crippen MR) is 175 cm³/mol. The summed E-state index contributed by atoms with van der Waals surface area (Å²) < 4.78 is 12.8. The van der Waals surface area contributed by atoms with E-state index >= 15 is 0 Å². The Kier molecular flexibility index (Phi) is 9.09. The molecule has 1 saturated heterocycles. The summed E-state index contributed by atoms with van der Waals surface area (Å²) in [5.74, 6) is 1.33. The first kappa shape index (κ1) is 29.5. The van der Waals surface area contributed by atoms with Gasteiger partial charge in [0.1, 0.15) is 11.6 Å². The van der Waals surface area contributed by atoms with Gasteiger partial charge in [-0.3, -0.25) is 14.5 Å². The number of rotatable bonds is 10. The number of hydrogen-bond donors (Lipinski definition) is 3. The van der Waals surface area contributed by atoms with Gasteiger partial charge in [-0.05, 0) is 60.7 Å². The fraction of sp³-hybridized carbons (Fsp3) is 0.176. The molecule has 0 unspecified atom stereocenters. The van der Waals surface area contributed by atoms with Crippen LogP contribution in [0.4, 0.5) is 23.0 Å². The highest BCUT2D eigenvalue weighted by atomic mass is 16.5. The molecule has 0 radical (unpaired) electrons. The van der Waals surface area contributed by atoms with E-state index < -0.39 is 0 Å². The summed E-state index contributed by atoms with van der Waals surface area (Å²) in [4.78, 5) is 36.8. The van der Waals surface area contributed by atoms with Gasteiger partial charge in [0.05, 0.1) is 25.8 Å². The summed E-state index contributed by atoms with van der Waals surface area (Å²) in [5, 5.41) is 9.96. The second-order valence-electron chi connectivity index (χ2n) is 10.4. The van der Waals surface area contributed by atoms with Gasteiger partial charge in [-0.25, -0.2) is 4.98 Å². The average Bonchev–Trinajstić information content (AvgIpc) is 3.50. The standard InChI is InChI=1S/C34H33N7O4/c1-44-30-11-4-10-29-28(30)14-17-41(29)31-13-15-35-34(39-31)38-27-9-3-8-26(23-27)37-33(43)24-6-2-7-25(22-24)36-32(42)12-5-16-40-18-20-45-21-19-40/h2-15,17,22-23H,16,18-21H2,1H3,(H,36,42)(H,37,43)(H,35,38,39)/b12-5+. The lowest BCUT2D eigenvalue weighted by Gasteiger charge is -2.25. The molecule has 228 valence electrons. The van der Waals surface area contributed by atoms with Crippen molar-refractivity contribution < 1.29 is 19.1 Å². The van der Waals surface area contributed by atoms with Crippen LogP contribution in [0.2, 0.25) is 0 Å². The summed E-state index contributed by atoms with van der Waals surface area (Å²) in [5.41, 5.74) is 3.20. The van der Waals surface area contributed by atoms with Gasteiger partial charge in [-0.2, -0.15) is 4.98 Å². The molecule has 0 aliphatic carbocycles. The Morgan fingerprint density at radius 3 is 2.56 bits per heavy atom. The number of benzene rings is 3. The van der Waals surface area contributed by atoms with E-state index in [2.05, 4.69) is 25.8 Å². The van der Waals surface area contributed by atoms with Crippen molar-refractivity contribution in [3.05, 3.63) is 109 Å². The van der Waals surface area contributed by atoms with Crippen molar-refractivity contribution in [2.45, 2.75) is 0 Å². The molecule has 11 nitrogen and oxygen atoms in total. The van der Waals surface area contributed by atoms with Gasteiger partial charge < -0.3 is 30.0 Å². The molecule has 11 heteroatoms. The molecular formula is C34H33N7O4. The Bertz CT molecular complexity index is 1850. The largest absolute Gasteiger partial charge is 0.496 e. The average molecular weight is 604 g/mol. The van der Waals surface area contributed by atoms with Gasteiger partial charge in [-0.15, -0.1) is 0 Å². The number of anilines is 4. The number of ether oxygens (including phenoxy) is 2. The van der Waals surface area contributed by atoms with Gasteiger partial charge in [0.15, 0.2) is 0 Å². The number of amides is 2. The zero-order valence-corrected chi connectivity index (χ0v) is 24.8. The van der Waals surface area contributed by atoms with Crippen LogP contribution in [0.1, 0.15) is 10.4 Å². The van der Waals surface area contributed by atoms with Crippen LogP contribution in [0.5, 0.6) is 5.75 Å². The maximum Gasteiger partial charge on any atom is 0.255 e. The van der Waals surface area contributed by atoms with Crippen molar-refractivity contribution in [1.29, 1.82) is 0 Å². The number of fused-ring (bicyclic) bond motifs is 1. The fourth-order valence-corrected chi connectivity index (χ4v) is 5.08. The molecule has 2 amide bonds. The van der Waals surface area contributed by atoms with Gasteiger partial charge in [0, 0.05) is 66.1 Å². The summed E-state index contributed by atoms with van der Waals surface area (Å²) >= 11 is 0. The highest BCUT2D eigenvalue weighted by Crippen LogP contribution is 2.28. The minimum absolute atomic E-state index is 0.254. The predicted octanol–water partition coefficient (Wildman–Crippen LogP) is 5.25. The van der Waals surface area contributed by atoms with Crippen LogP contribution in [0.3, 0.4) is 0 Å². The first-order valence-corrected chi connectivity index (χ1v) is 14.6. The van der Waals surface area contributed by atoms with Crippen molar-refractivity contribution in [2.24, 2.45) is 0 Å². The fourth-order valence-electron chi connectivity index (χ4n) is 5.08. The molecule has 0 atom stereocenters. The van der Waals surface area contributed by atoms with E-state index in [0.717, 1.165) is 29.7 Å². The number of morpholine rings is 1. The van der Waals surface area contributed by atoms with Crippen LogP contribution in [0.15, 0.2) is 103 Å². The molecule has 3 heterocycles. The quantitative estimate of drug-likeness (QED) is 0.185. The van der Waals surface area contributed by atoms with Crippen LogP contribution in [0, 0.1) is 0 Å². The second kappa shape index (κ2) is 13.8. The third-order valence-electron chi connectivity index (χ3n) is 7.31. The smallest absolute Gasteiger partial charge is 0.255 e. The summed E-state index contributed by atoms with van der Waals surface area (Å²) in [6.45, 7) is 3.81. The van der Waals surface area contributed by atoms with Crippen molar-refractivity contribution in [2.75, 3.05) is 55.9 Å². The van der Waals surface area contributed by atoms with Gasteiger partial charge in [0.25, 0.3) is 5.91 Å². The summed E-state index contributed by atoms with van der Waals surface area (Å²) in [7, 11) is 1.65. The molecule has 45 heavy (non-hydrogen) atoms. The van der Waals surface area contributed by atoms with Crippen molar-refractivity contribution >= 4 is 45.7 Å². The van der Waals surface area contributed by atoms with Crippen molar-refractivity contribution in [3.63, 3.8) is 0 Å². The monoisotopic (exact) mass is 603 g/mol. The zero-order chi connectivity index (χ0) is 31.0. The lowest BCUT2D eigenvalue weighted by molar-refractivity contribution is -0.111. The lowest BCUT2D eigenvalue weighted by Crippen LogP contribution is -2.36. The molecule has 5 aromatic rings. The number of nitrogens with zero attached hydrogens (tertiary/aromatic N) is 4. The number of carbonyl (C=O) groups excluding carboxylic acids is 2. The second-order valence-corrected chi connectivity index (χ2v) is 10.4. The van der Waals surface area contributed by atoms with Crippen molar-refractivity contribution in [1.82, 2.24) is 19.4 Å². The van der Waals surface area contributed by atoms with Gasteiger partial charge >= 0.3 is 0 Å².